The molecule has 0 bridgehead atoms. The molecule has 0 spiro atoms. The molecule has 1 atom stereocenters. The van der Waals surface area contributed by atoms with Gasteiger partial charge in [-0.25, -0.2) is 0 Å². The van der Waals surface area contributed by atoms with Gasteiger partial charge in [0.1, 0.15) is 0 Å². The van der Waals surface area contributed by atoms with Gasteiger partial charge in [0.25, 0.3) is 0 Å². The average Bonchev–Trinajstić information content (AvgIpc) is 2.97. The van der Waals surface area contributed by atoms with E-state index in [-0.39, 0.29) is 0 Å². The molecule has 19 heavy (non-hydrogen) atoms. The van der Waals surface area contributed by atoms with Crippen LogP contribution in [-0.2, 0) is 0 Å². The molecule has 1 heterocycles. The molecule has 0 amide bonds. The average molecular weight is 248 g/mol. The lowest BCUT2D eigenvalue weighted by Gasteiger charge is -2.27. The quantitative estimate of drug-likeness (QED) is 0.806. The van der Waals surface area contributed by atoms with E-state index in [1.165, 1.54) is 12.1 Å². The van der Waals surface area contributed by atoms with Crippen molar-refractivity contribution in [3.05, 3.63) is 65.7 Å². The predicted molar refractivity (Wildman–Crippen MR) is 76.9 cm³/mol. The molecule has 0 radical (unpaired) electrons. The zero-order chi connectivity index (χ0) is 13.1. The summed E-state index contributed by atoms with van der Waals surface area (Å²) in [4.78, 5) is 2.41. The first-order chi connectivity index (χ1) is 9.40. The Morgan fingerprint density at radius 2 is 1.74 bits per heavy atom. The van der Waals surface area contributed by atoms with Gasteiger partial charge in [0.05, 0.1) is 17.7 Å². The van der Waals surface area contributed by atoms with Gasteiger partial charge in [0.2, 0.25) is 0 Å². The highest BCUT2D eigenvalue weighted by atomic mass is 15.2. The van der Waals surface area contributed by atoms with Crippen molar-refractivity contribution >= 4 is 5.69 Å². The molecule has 1 fully saturated rings. The lowest BCUT2D eigenvalue weighted by molar-refractivity contribution is 0.717. The highest BCUT2D eigenvalue weighted by Gasteiger charge is 2.27. The van der Waals surface area contributed by atoms with Crippen LogP contribution >= 0.6 is 0 Å². The van der Waals surface area contributed by atoms with Crippen LogP contribution in [0.5, 0.6) is 0 Å². The zero-order valence-electron chi connectivity index (χ0n) is 10.8. The van der Waals surface area contributed by atoms with E-state index in [2.05, 4.69) is 41.3 Å². The summed E-state index contributed by atoms with van der Waals surface area (Å²) >= 11 is 0. The number of anilines is 1. The number of nitrogens with zero attached hydrogens (tertiary/aromatic N) is 2. The van der Waals surface area contributed by atoms with Gasteiger partial charge in [-0.05, 0) is 36.6 Å². The summed E-state index contributed by atoms with van der Waals surface area (Å²) in [6, 6.07) is 21.1. The molecular weight excluding hydrogens is 232 g/mol. The molecule has 0 N–H and O–H groups in total. The Balaban J connectivity index is 1.98. The summed E-state index contributed by atoms with van der Waals surface area (Å²) in [7, 11) is 0. The van der Waals surface area contributed by atoms with Crippen LogP contribution in [0.15, 0.2) is 54.6 Å². The fraction of sp³-hybridized carbons (Fsp3) is 0.235. The van der Waals surface area contributed by atoms with E-state index in [4.69, 9.17) is 0 Å². The Hall–Kier alpha value is -2.27. The summed E-state index contributed by atoms with van der Waals surface area (Å²) in [6.45, 7) is 1.06. The van der Waals surface area contributed by atoms with Gasteiger partial charge >= 0.3 is 0 Å². The van der Waals surface area contributed by atoms with Crippen molar-refractivity contribution in [1.82, 2.24) is 0 Å². The smallest absolute Gasteiger partial charge is 0.0995 e. The van der Waals surface area contributed by atoms with E-state index in [0.717, 1.165) is 24.1 Å². The molecule has 2 heteroatoms. The van der Waals surface area contributed by atoms with Gasteiger partial charge in [-0.1, -0.05) is 36.4 Å². The van der Waals surface area contributed by atoms with Crippen LogP contribution in [0.1, 0.15) is 30.0 Å². The summed E-state index contributed by atoms with van der Waals surface area (Å²) < 4.78 is 0. The molecule has 2 nitrogen and oxygen atoms in total. The molecule has 1 unspecified atom stereocenters. The molecule has 1 aliphatic heterocycles. The Labute approximate surface area is 113 Å². The maximum atomic E-state index is 9.27. The van der Waals surface area contributed by atoms with E-state index in [9.17, 15) is 5.26 Å². The van der Waals surface area contributed by atoms with Crippen LogP contribution in [0.4, 0.5) is 5.69 Å². The Kier molecular flexibility index (Phi) is 3.20. The maximum absolute atomic E-state index is 9.27. The minimum atomic E-state index is 0.332. The van der Waals surface area contributed by atoms with Crippen molar-refractivity contribution in [2.45, 2.75) is 18.9 Å². The topological polar surface area (TPSA) is 27.0 Å². The lowest BCUT2D eigenvalue weighted by atomic mass is 9.99. The fourth-order valence-electron chi connectivity index (χ4n) is 2.91. The lowest BCUT2D eigenvalue weighted by Crippen LogP contribution is -2.23. The summed E-state index contributed by atoms with van der Waals surface area (Å²) in [5.41, 5.74) is 3.21. The molecule has 2 aromatic rings. The number of rotatable bonds is 2. The molecule has 1 aliphatic rings. The van der Waals surface area contributed by atoms with E-state index in [1.807, 2.05) is 24.3 Å². The van der Waals surface area contributed by atoms with Gasteiger partial charge in [0, 0.05) is 12.2 Å². The van der Waals surface area contributed by atoms with E-state index >= 15 is 0 Å². The minimum Gasteiger partial charge on any atom is -0.364 e. The van der Waals surface area contributed by atoms with E-state index < -0.39 is 0 Å². The second-order valence-corrected chi connectivity index (χ2v) is 4.89. The summed E-state index contributed by atoms with van der Waals surface area (Å²) in [5, 5.41) is 9.27. The SMILES string of the molecule is N#Cc1ccccc1C1CCCN1c1ccccc1. The first-order valence-corrected chi connectivity index (χ1v) is 6.71. The van der Waals surface area contributed by atoms with Crippen molar-refractivity contribution in [2.75, 3.05) is 11.4 Å². The fourth-order valence-corrected chi connectivity index (χ4v) is 2.91. The van der Waals surface area contributed by atoms with Gasteiger partial charge in [-0.15, -0.1) is 0 Å². The molecule has 1 saturated heterocycles. The molecule has 94 valence electrons. The van der Waals surface area contributed by atoms with Crippen LogP contribution in [-0.4, -0.2) is 6.54 Å². The number of benzene rings is 2. The Bertz CT molecular complexity index is 598. The number of nitriles is 1. The normalized spacial score (nSPS) is 18.3. The molecule has 0 saturated carbocycles. The summed E-state index contributed by atoms with van der Waals surface area (Å²) in [6.07, 6.45) is 2.30. The highest BCUT2D eigenvalue weighted by molar-refractivity contribution is 5.52. The minimum absolute atomic E-state index is 0.332. The molecule has 2 aromatic carbocycles. The second kappa shape index (κ2) is 5.16. The molecule has 0 aromatic heterocycles. The Morgan fingerprint density at radius 1 is 1.00 bits per heavy atom. The second-order valence-electron chi connectivity index (χ2n) is 4.89. The predicted octanol–water partition coefficient (Wildman–Crippen LogP) is 3.90. The monoisotopic (exact) mass is 248 g/mol. The standard InChI is InChI=1S/C17H16N2/c18-13-14-7-4-5-10-16(14)17-11-6-12-19(17)15-8-2-1-3-9-15/h1-5,7-10,17H,6,11-12H2. The zero-order valence-corrected chi connectivity index (χ0v) is 10.8. The summed E-state index contributed by atoms with van der Waals surface area (Å²) in [5.74, 6) is 0. The van der Waals surface area contributed by atoms with Crippen LogP contribution in [0.25, 0.3) is 0 Å². The van der Waals surface area contributed by atoms with Gasteiger partial charge in [0.15, 0.2) is 0 Å². The van der Waals surface area contributed by atoms with Crippen molar-refractivity contribution < 1.29 is 0 Å². The van der Waals surface area contributed by atoms with Crippen LogP contribution in [0.2, 0.25) is 0 Å². The molecule has 0 aliphatic carbocycles. The van der Waals surface area contributed by atoms with E-state index in [1.54, 1.807) is 0 Å². The highest BCUT2D eigenvalue weighted by Crippen LogP contribution is 2.37. The molecule has 3 rings (SSSR count). The third kappa shape index (κ3) is 2.20. The first-order valence-electron chi connectivity index (χ1n) is 6.71. The third-order valence-corrected chi connectivity index (χ3v) is 3.78. The molecular formula is C17H16N2. The van der Waals surface area contributed by atoms with Crippen molar-refractivity contribution in [1.29, 1.82) is 5.26 Å². The van der Waals surface area contributed by atoms with Crippen molar-refractivity contribution in [3.8, 4) is 6.07 Å². The van der Waals surface area contributed by atoms with Crippen LogP contribution in [0.3, 0.4) is 0 Å². The van der Waals surface area contributed by atoms with Crippen LogP contribution < -0.4 is 4.90 Å². The number of hydrogen-bond acceptors (Lipinski definition) is 2. The number of para-hydroxylation sites is 1. The van der Waals surface area contributed by atoms with Gasteiger partial charge < -0.3 is 4.90 Å². The third-order valence-electron chi connectivity index (χ3n) is 3.78. The van der Waals surface area contributed by atoms with Gasteiger partial charge in [-0.2, -0.15) is 5.26 Å². The Morgan fingerprint density at radius 3 is 2.53 bits per heavy atom. The van der Waals surface area contributed by atoms with Crippen molar-refractivity contribution in [3.63, 3.8) is 0 Å². The van der Waals surface area contributed by atoms with Crippen LogP contribution in [0, 0.1) is 11.3 Å². The van der Waals surface area contributed by atoms with Crippen molar-refractivity contribution in [2.24, 2.45) is 0 Å². The first kappa shape index (κ1) is 11.8. The largest absolute Gasteiger partial charge is 0.364 e. The maximum Gasteiger partial charge on any atom is 0.0995 e. The van der Waals surface area contributed by atoms with E-state index in [0.29, 0.717) is 6.04 Å². The number of hydrogen-bond donors (Lipinski definition) is 0. The van der Waals surface area contributed by atoms with Gasteiger partial charge in [-0.3, -0.25) is 0 Å².